The van der Waals surface area contributed by atoms with E-state index in [4.69, 9.17) is 22.1 Å². The number of hydrogen-bond acceptors (Lipinski definition) is 5. The number of amides is 3. The first kappa shape index (κ1) is 22.1. The van der Waals surface area contributed by atoms with Gasteiger partial charge in [0, 0.05) is 43.4 Å². The van der Waals surface area contributed by atoms with E-state index in [9.17, 15) is 9.59 Å². The number of piperazine rings is 1. The molecule has 32 heavy (non-hydrogen) atoms. The van der Waals surface area contributed by atoms with Crippen LogP contribution in [0.4, 0.5) is 4.79 Å². The van der Waals surface area contributed by atoms with E-state index >= 15 is 0 Å². The van der Waals surface area contributed by atoms with Crippen molar-refractivity contribution < 1.29 is 14.3 Å². The van der Waals surface area contributed by atoms with Crippen molar-refractivity contribution in [2.75, 3.05) is 19.6 Å². The van der Waals surface area contributed by atoms with Gasteiger partial charge in [0.25, 0.3) is 0 Å². The molecule has 2 heterocycles. The summed E-state index contributed by atoms with van der Waals surface area (Å²) in [4.78, 5) is 28.2. The number of carbonyl (C=O) groups is 2. The molecule has 0 aliphatic carbocycles. The average molecular weight is 456 g/mol. The van der Waals surface area contributed by atoms with Crippen molar-refractivity contribution >= 4 is 23.5 Å². The van der Waals surface area contributed by atoms with Gasteiger partial charge in [-0.1, -0.05) is 23.7 Å². The molecule has 3 N–H and O–H groups in total. The van der Waals surface area contributed by atoms with Gasteiger partial charge in [0.1, 0.15) is 17.5 Å². The summed E-state index contributed by atoms with van der Waals surface area (Å²) >= 11 is 5.93. The Labute approximate surface area is 192 Å². The smallest absolute Gasteiger partial charge is 0.338 e. The maximum atomic E-state index is 12.8. The fourth-order valence-electron chi connectivity index (χ4n) is 3.89. The summed E-state index contributed by atoms with van der Waals surface area (Å²) in [6.45, 7) is 4.86. The molecule has 2 aliphatic rings. The van der Waals surface area contributed by atoms with E-state index in [1.807, 2.05) is 37.3 Å². The summed E-state index contributed by atoms with van der Waals surface area (Å²) in [6, 6.07) is 14.4. The van der Waals surface area contributed by atoms with Crippen LogP contribution < -0.4 is 15.9 Å². The molecule has 0 aromatic heterocycles. The third-order valence-corrected chi connectivity index (χ3v) is 5.78. The van der Waals surface area contributed by atoms with Gasteiger partial charge in [0.05, 0.1) is 0 Å². The number of nitrogens with one attached hydrogen (secondary N) is 1. The van der Waals surface area contributed by atoms with Crippen molar-refractivity contribution in [3.8, 4) is 11.5 Å². The lowest BCUT2D eigenvalue weighted by molar-refractivity contribution is -0.119. The monoisotopic (exact) mass is 455 g/mol. The normalized spacial score (nSPS) is 21.1. The van der Waals surface area contributed by atoms with Crippen molar-refractivity contribution in [2.45, 2.75) is 25.6 Å². The fraction of sp³-hybridized carbons (Fsp3) is 0.304. The van der Waals surface area contributed by atoms with Gasteiger partial charge in [0.15, 0.2) is 0 Å². The highest BCUT2D eigenvalue weighted by Crippen LogP contribution is 2.25. The quantitative estimate of drug-likeness (QED) is 0.723. The Morgan fingerprint density at radius 2 is 1.94 bits per heavy atom. The molecular weight excluding hydrogens is 430 g/mol. The Kier molecular flexibility index (Phi) is 6.64. The minimum Gasteiger partial charge on any atom is -0.457 e. The van der Waals surface area contributed by atoms with Crippen LogP contribution in [0.15, 0.2) is 60.8 Å². The van der Waals surface area contributed by atoms with Crippen molar-refractivity contribution in [3.05, 3.63) is 71.4 Å². The van der Waals surface area contributed by atoms with E-state index < -0.39 is 11.9 Å². The molecule has 8 nitrogen and oxygen atoms in total. The summed E-state index contributed by atoms with van der Waals surface area (Å²) in [5.74, 6) is 0.981. The second kappa shape index (κ2) is 9.60. The lowest BCUT2D eigenvalue weighted by Crippen LogP contribution is -2.58. The van der Waals surface area contributed by atoms with Crippen LogP contribution in [0.25, 0.3) is 0 Å². The van der Waals surface area contributed by atoms with E-state index in [1.165, 1.54) is 5.01 Å². The lowest BCUT2D eigenvalue weighted by atomic mass is 10.1. The standard InChI is InChI=1S/C23H26ClN5O3/c1-16-14-27(11-12-28(16)23(31)29-10-9-21(26-29)22(25)30)15-17-3-2-4-20(13-17)32-19-7-5-18(24)6-8-19/h2-10,13,16,21,26H,11-12,14-15H2,1H3,(H2,25,30)/t16-,21?/m1/s1. The molecule has 2 atom stereocenters. The third kappa shape index (κ3) is 5.21. The maximum Gasteiger partial charge on any atom is 0.338 e. The summed E-state index contributed by atoms with van der Waals surface area (Å²) < 4.78 is 5.93. The number of hydrazine groups is 1. The van der Waals surface area contributed by atoms with E-state index in [0.717, 1.165) is 36.7 Å². The molecule has 4 rings (SSSR count). The van der Waals surface area contributed by atoms with E-state index in [1.54, 1.807) is 29.3 Å². The van der Waals surface area contributed by atoms with Crippen molar-refractivity contribution in [1.82, 2.24) is 20.2 Å². The predicted molar refractivity (Wildman–Crippen MR) is 122 cm³/mol. The molecule has 1 saturated heterocycles. The van der Waals surface area contributed by atoms with Crippen LogP contribution in [0.5, 0.6) is 11.5 Å². The first-order chi connectivity index (χ1) is 15.4. The second-order valence-corrected chi connectivity index (χ2v) is 8.42. The fourth-order valence-corrected chi connectivity index (χ4v) is 4.01. The van der Waals surface area contributed by atoms with Gasteiger partial charge in [-0.15, -0.1) is 0 Å². The largest absolute Gasteiger partial charge is 0.457 e. The third-order valence-electron chi connectivity index (χ3n) is 5.53. The number of halogens is 1. The molecule has 2 aromatic carbocycles. The van der Waals surface area contributed by atoms with Crippen LogP contribution in [-0.4, -0.2) is 58.5 Å². The highest BCUT2D eigenvalue weighted by atomic mass is 35.5. The zero-order valence-corrected chi connectivity index (χ0v) is 18.5. The molecular formula is C23H26ClN5O3. The molecule has 2 aliphatic heterocycles. The van der Waals surface area contributed by atoms with Crippen molar-refractivity contribution in [3.63, 3.8) is 0 Å². The SMILES string of the molecule is C[C@@H]1CN(Cc2cccc(Oc3ccc(Cl)cc3)c2)CCN1C(=O)N1C=CC(C(N)=O)N1. The molecule has 0 bridgehead atoms. The summed E-state index contributed by atoms with van der Waals surface area (Å²) in [7, 11) is 0. The number of carbonyl (C=O) groups excluding carboxylic acids is 2. The van der Waals surface area contributed by atoms with Gasteiger partial charge < -0.3 is 15.4 Å². The Bertz CT molecular complexity index is 1010. The summed E-state index contributed by atoms with van der Waals surface area (Å²) in [5.41, 5.74) is 9.24. The van der Waals surface area contributed by atoms with Gasteiger partial charge in [0.2, 0.25) is 5.91 Å². The molecule has 1 unspecified atom stereocenters. The number of primary amides is 1. The van der Waals surface area contributed by atoms with E-state index in [0.29, 0.717) is 11.6 Å². The predicted octanol–water partition coefficient (Wildman–Crippen LogP) is 2.95. The van der Waals surface area contributed by atoms with Crippen LogP contribution >= 0.6 is 11.6 Å². The van der Waals surface area contributed by atoms with Crippen LogP contribution in [0, 0.1) is 0 Å². The van der Waals surface area contributed by atoms with Crippen LogP contribution in [0.3, 0.4) is 0 Å². The average Bonchev–Trinajstić information content (AvgIpc) is 3.26. The van der Waals surface area contributed by atoms with Gasteiger partial charge in [-0.25, -0.2) is 15.2 Å². The highest BCUT2D eigenvalue weighted by Gasteiger charge is 2.33. The maximum absolute atomic E-state index is 12.8. The minimum absolute atomic E-state index is 0.0209. The van der Waals surface area contributed by atoms with Crippen LogP contribution in [0.2, 0.25) is 5.02 Å². The molecule has 9 heteroatoms. The Morgan fingerprint density at radius 1 is 1.16 bits per heavy atom. The van der Waals surface area contributed by atoms with Gasteiger partial charge in [-0.2, -0.15) is 0 Å². The molecule has 168 valence electrons. The zero-order chi connectivity index (χ0) is 22.7. The topological polar surface area (TPSA) is 91.1 Å². The summed E-state index contributed by atoms with van der Waals surface area (Å²) in [5, 5.41) is 2.00. The Hall–Kier alpha value is -3.07. The lowest BCUT2D eigenvalue weighted by Gasteiger charge is -2.41. The van der Waals surface area contributed by atoms with Crippen molar-refractivity contribution in [2.24, 2.45) is 5.73 Å². The first-order valence-corrected chi connectivity index (χ1v) is 10.9. The highest BCUT2D eigenvalue weighted by molar-refractivity contribution is 6.30. The molecule has 0 radical (unpaired) electrons. The molecule has 3 amide bonds. The Morgan fingerprint density at radius 3 is 2.62 bits per heavy atom. The summed E-state index contributed by atoms with van der Waals surface area (Å²) in [6.07, 6.45) is 3.14. The van der Waals surface area contributed by atoms with E-state index in [2.05, 4.69) is 16.4 Å². The number of hydrogen-bond donors (Lipinski definition) is 2. The number of nitrogens with zero attached hydrogens (tertiary/aromatic N) is 3. The van der Waals surface area contributed by atoms with Crippen molar-refractivity contribution in [1.29, 1.82) is 0 Å². The number of rotatable bonds is 5. The number of ether oxygens (including phenoxy) is 1. The Balaban J connectivity index is 1.32. The van der Waals surface area contributed by atoms with Crippen LogP contribution in [0.1, 0.15) is 12.5 Å². The molecule has 0 saturated carbocycles. The first-order valence-electron chi connectivity index (χ1n) is 10.5. The molecule has 1 fully saturated rings. The van der Waals surface area contributed by atoms with Gasteiger partial charge in [-0.3, -0.25) is 9.69 Å². The second-order valence-electron chi connectivity index (χ2n) is 7.98. The number of nitrogens with two attached hydrogens (primary N) is 1. The van der Waals surface area contributed by atoms with Crippen LogP contribution in [-0.2, 0) is 11.3 Å². The zero-order valence-electron chi connectivity index (χ0n) is 17.8. The van der Waals surface area contributed by atoms with Gasteiger partial charge >= 0.3 is 6.03 Å². The molecule has 2 aromatic rings. The van der Waals surface area contributed by atoms with Gasteiger partial charge in [-0.05, 0) is 55.0 Å². The van der Waals surface area contributed by atoms with E-state index in [-0.39, 0.29) is 12.1 Å². The minimum atomic E-state index is -0.655. The number of benzene rings is 2. The number of urea groups is 1. The molecule has 0 spiro atoms.